The van der Waals surface area contributed by atoms with E-state index < -0.39 is 23.7 Å². The minimum atomic E-state index is -4.49. The van der Waals surface area contributed by atoms with E-state index in [2.05, 4.69) is 10.6 Å². The van der Waals surface area contributed by atoms with Gasteiger partial charge in [0.05, 0.1) is 12.6 Å². The average molecular weight is 422 g/mol. The van der Waals surface area contributed by atoms with Crippen LogP contribution in [0.25, 0.3) is 0 Å². The lowest BCUT2D eigenvalue weighted by molar-refractivity contribution is -0.885. The largest absolute Gasteiger partial charge is 0.416 e. The smallest absolute Gasteiger partial charge is 0.321 e. The Labute approximate surface area is 174 Å². The summed E-state index contributed by atoms with van der Waals surface area (Å²) in [6, 6.07) is 7.76. The van der Waals surface area contributed by atoms with Crippen molar-refractivity contribution in [3.63, 3.8) is 0 Å². The summed E-state index contributed by atoms with van der Waals surface area (Å²) in [5.74, 6) is -0.719. The Kier molecular flexibility index (Phi) is 7.25. The molecule has 0 heterocycles. The van der Waals surface area contributed by atoms with Crippen LogP contribution in [0.4, 0.5) is 24.5 Å². The van der Waals surface area contributed by atoms with E-state index in [-0.39, 0.29) is 18.1 Å². The van der Waals surface area contributed by atoms with Crippen LogP contribution in [0.1, 0.15) is 29.2 Å². The van der Waals surface area contributed by atoms with E-state index in [1.165, 1.54) is 12.1 Å². The molecule has 0 radical (unpaired) electrons. The molecule has 3 N–H and O–H groups in total. The molecule has 30 heavy (non-hydrogen) atoms. The van der Waals surface area contributed by atoms with Crippen LogP contribution in [0, 0.1) is 20.8 Å². The van der Waals surface area contributed by atoms with Crippen LogP contribution in [0.3, 0.4) is 0 Å². The fourth-order valence-corrected chi connectivity index (χ4v) is 3.21. The molecule has 0 saturated carbocycles. The highest BCUT2D eigenvalue weighted by Gasteiger charge is 2.31. The first-order chi connectivity index (χ1) is 13.9. The van der Waals surface area contributed by atoms with Gasteiger partial charge in [-0.2, -0.15) is 13.2 Å². The quantitative estimate of drug-likeness (QED) is 0.670. The van der Waals surface area contributed by atoms with Crippen LogP contribution < -0.4 is 15.5 Å². The molecule has 2 amide bonds. The lowest BCUT2D eigenvalue weighted by atomic mass is 10.1. The number of carbonyl (C=O) groups is 2. The summed E-state index contributed by atoms with van der Waals surface area (Å²) in [5.41, 5.74) is 2.98. The molecule has 2 atom stereocenters. The van der Waals surface area contributed by atoms with Crippen molar-refractivity contribution in [2.24, 2.45) is 0 Å². The van der Waals surface area contributed by atoms with E-state index in [0.29, 0.717) is 4.90 Å². The third-order valence-electron chi connectivity index (χ3n) is 4.97. The standard InChI is InChI=1S/C22H26F3N3O2/c1-13-9-14(2)20(15(3)10-13)27-19(29)12-28(5)16(4)21(30)26-18-8-6-7-17(11-18)22(23,24)25/h6-11,16H,12H2,1-5H3,(H,26,30)(H,27,29)/p+1/t16-/m1/s1. The monoisotopic (exact) mass is 422 g/mol. The maximum absolute atomic E-state index is 12.8. The van der Waals surface area contributed by atoms with Crippen molar-refractivity contribution in [3.8, 4) is 0 Å². The molecular weight excluding hydrogens is 395 g/mol. The number of carbonyl (C=O) groups excluding carboxylic acids is 2. The lowest BCUT2D eigenvalue weighted by Crippen LogP contribution is -3.14. The van der Waals surface area contributed by atoms with Crippen molar-refractivity contribution >= 4 is 23.2 Å². The first-order valence-electron chi connectivity index (χ1n) is 9.56. The van der Waals surface area contributed by atoms with Crippen LogP contribution in [-0.4, -0.2) is 31.4 Å². The van der Waals surface area contributed by atoms with Crippen LogP contribution in [0.5, 0.6) is 0 Å². The van der Waals surface area contributed by atoms with Gasteiger partial charge in [0.25, 0.3) is 11.8 Å². The molecule has 0 fully saturated rings. The summed E-state index contributed by atoms with van der Waals surface area (Å²) in [5, 5.41) is 5.38. The SMILES string of the molecule is Cc1cc(C)c(NC(=O)C[NH+](C)[C@H](C)C(=O)Nc2cccc(C(F)(F)F)c2)c(C)c1. The zero-order chi connectivity index (χ0) is 22.6. The highest BCUT2D eigenvalue weighted by molar-refractivity contribution is 5.95. The summed E-state index contributed by atoms with van der Waals surface area (Å²) in [7, 11) is 1.69. The number of quaternary nitrogens is 1. The second-order valence-electron chi connectivity index (χ2n) is 7.63. The zero-order valence-corrected chi connectivity index (χ0v) is 17.7. The minimum Gasteiger partial charge on any atom is -0.321 e. The highest BCUT2D eigenvalue weighted by atomic mass is 19.4. The summed E-state index contributed by atoms with van der Waals surface area (Å²) >= 11 is 0. The molecule has 0 spiro atoms. The normalized spacial score (nSPS) is 13.5. The number of amides is 2. The molecule has 5 nitrogen and oxygen atoms in total. The van der Waals surface area contributed by atoms with Crippen molar-refractivity contribution in [3.05, 3.63) is 58.7 Å². The van der Waals surface area contributed by atoms with Crippen molar-refractivity contribution < 1.29 is 27.7 Å². The lowest BCUT2D eigenvalue weighted by Gasteiger charge is -2.21. The molecule has 0 aliphatic heterocycles. The second kappa shape index (κ2) is 9.30. The fourth-order valence-electron chi connectivity index (χ4n) is 3.21. The number of halogens is 3. The van der Waals surface area contributed by atoms with Crippen molar-refractivity contribution in [2.45, 2.75) is 39.9 Å². The van der Waals surface area contributed by atoms with Gasteiger partial charge >= 0.3 is 6.18 Å². The van der Waals surface area contributed by atoms with E-state index in [4.69, 9.17) is 0 Å². The Balaban J connectivity index is 1.99. The number of anilines is 2. The van der Waals surface area contributed by atoms with Crippen molar-refractivity contribution in [1.82, 2.24) is 0 Å². The molecule has 0 aromatic heterocycles. The van der Waals surface area contributed by atoms with E-state index in [9.17, 15) is 22.8 Å². The molecule has 1 unspecified atom stereocenters. The maximum atomic E-state index is 12.8. The van der Waals surface area contributed by atoms with Crippen molar-refractivity contribution in [2.75, 3.05) is 24.2 Å². The van der Waals surface area contributed by atoms with Gasteiger partial charge in [-0.3, -0.25) is 9.59 Å². The molecule has 2 rings (SSSR count). The topological polar surface area (TPSA) is 62.6 Å². The Bertz CT molecular complexity index is 918. The van der Waals surface area contributed by atoms with Gasteiger partial charge < -0.3 is 15.5 Å². The molecule has 8 heteroatoms. The Morgan fingerprint density at radius 1 is 1.03 bits per heavy atom. The van der Waals surface area contributed by atoms with Gasteiger partial charge in [-0.15, -0.1) is 0 Å². The van der Waals surface area contributed by atoms with Gasteiger partial charge in [0, 0.05) is 11.4 Å². The van der Waals surface area contributed by atoms with Gasteiger partial charge in [0.1, 0.15) is 0 Å². The number of benzene rings is 2. The average Bonchev–Trinajstić information content (AvgIpc) is 2.63. The van der Waals surface area contributed by atoms with Crippen LogP contribution in [0.15, 0.2) is 36.4 Å². The van der Waals surface area contributed by atoms with Gasteiger partial charge in [-0.05, 0) is 57.0 Å². The highest BCUT2D eigenvalue weighted by Crippen LogP contribution is 2.30. The summed E-state index contributed by atoms with van der Waals surface area (Å²) in [6.45, 7) is 7.46. The molecular formula is C22H27F3N3O2+. The number of aryl methyl sites for hydroxylation is 3. The van der Waals surface area contributed by atoms with Gasteiger partial charge in [-0.25, -0.2) is 0 Å². The fraction of sp³-hybridized carbons (Fsp3) is 0.364. The molecule has 162 valence electrons. The number of alkyl halides is 3. The number of hydrogen-bond donors (Lipinski definition) is 3. The minimum absolute atomic E-state index is 0.0317. The van der Waals surface area contributed by atoms with Crippen LogP contribution in [-0.2, 0) is 15.8 Å². The Hall–Kier alpha value is -2.87. The van der Waals surface area contributed by atoms with E-state index >= 15 is 0 Å². The third kappa shape index (κ3) is 6.06. The second-order valence-corrected chi connectivity index (χ2v) is 7.63. The Morgan fingerprint density at radius 3 is 2.20 bits per heavy atom. The first kappa shape index (κ1) is 23.4. The van der Waals surface area contributed by atoms with E-state index in [1.807, 2.05) is 32.9 Å². The maximum Gasteiger partial charge on any atom is 0.416 e. The first-order valence-corrected chi connectivity index (χ1v) is 9.56. The zero-order valence-electron chi connectivity index (χ0n) is 17.7. The van der Waals surface area contributed by atoms with E-state index in [0.717, 1.165) is 34.5 Å². The van der Waals surface area contributed by atoms with E-state index in [1.54, 1.807) is 14.0 Å². The number of hydrogen-bond acceptors (Lipinski definition) is 2. The third-order valence-corrected chi connectivity index (χ3v) is 4.97. The van der Waals surface area contributed by atoms with Gasteiger partial charge in [0.15, 0.2) is 12.6 Å². The molecule has 0 bridgehead atoms. The summed E-state index contributed by atoms with van der Waals surface area (Å²) < 4.78 is 38.5. The summed E-state index contributed by atoms with van der Waals surface area (Å²) in [6.07, 6.45) is -4.49. The van der Waals surface area contributed by atoms with Crippen molar-refractivity contribution in [1.29, 1.82) is 0 Å². The molecule has 2 aromatic carbocycles. The van der Waals surface area contributed by atoms with Gasteiger partial charge in [-0.1, -0.05) is 23.8 Å². The number of likely N-dealkylation sites (N-methyl/N-ethyl adjacent to an activating group) is 1. The Morgan fingerprint density at radius 2 is 1.63 bits per heavy atom. The summed E-state index contributed by atoms with van der Waals surface area (Å²) in [4.78, 5) is 25.5. The molecule has 0 saturated heterocycles. The van der Waals surface area contributed by atoms with Crippen LogP contribution in [0.2, 0.25) is 0 Å². The van der Waals surface area contributed by atoms with Crippen LogP contribution >= 0.6 is 0 Å². The van der Waals surface area contributed by atoms with Gasteiger partial charge in [0.2, 0.25) is 0 Å². The molecule has 0 aliphatic carbocycles. The molecule has 0 aliphatic rings. The predicted octanol–water partition coefficient (Wildman–Crippen LogP) is 3.11. The number of rotatable bonds is 6. The molecule has 2 aromatic rings. The number of nitrogens with one attached hydrogen (secondary N) is 3. The predicted molar refractivity (Wildman–Crippen MR) is 111 cm³/mol.